The smallest absolute Gasteiger partial charge is 0.255 e. The molecule has 0 bridgehead atoms. The predicted molar refractivity (Wildman–Crippen MR) is 94.8 cm³/mol. The van der Waals surface area contributed by atoms with Crippen molar-refractivity contribution in [3.8, 4) is 5.75 Å². The Balaban J connectivity index is 1.55. The molecule has 1 atom stereocenters. The molecular weight excluding hydrogens is 314 g/mol. The molecule has 1 fully saturated rings. The number of ether oxygens (including phenoxy) is 1. The Hall–Kier alpha value is -2.43. The van der Waals surface area contributed by atoms with Crippen LogP contribution in [-0.2, 0) is 12.8 Å². The molecule has 2 aromatic rings. The van der Waals surface area contributed by atoms with Gasteiger partial charge in [0, 0.05) is 13.0 Å². The Morgan fingerprint density at radius 3 is 2.96 bits per heavy atom. The lowest BCUT2D eigenvalue weighted by atomic mass is 9.90. The summed E-state index contributed by atoms with van der Waals surface area (Å²) in [6.45, 7) is 5.24. The molecule has 0 aliphatic carbocycles. The van der Waals surface area contributed by atoms with E-state index in [-0.39, 0.29) is 11.5 Å². The highest BCUT2D eigenvalue weighted by Crippen LogP contribution is 2.39. The van der Waals surface area contributed by atoms with Gasteiger partial charge in [-0.15, -0.1) is 0 Å². The zero-order valence-corrected chi connectivity index (χ0v) is 14.8. The van der Waals surface area contributed by atoms with Gasteiger partial charge in [0.1, 0.15) is 11.4 Å². The van der Waals surface area contributed by atoms with E-state index in [9.17, 15) is 4.79 Å². The topological polar surface area (TPSA) is 55.3 Å². The average Bonchev–Trinajstić information content (AvgIpc) is 3.04. The van der Waals surface area contributed by atoms with Gasteiger partial charge in [-0.1, -0.05) is 25.1 Å². The molecule has 0 unspecified atom stereocenters. The summed E-state index contributed by atoms with van der Waals surface area (Å²) >= 11 is 0. The lowest BCUT2D eigenvalue weighted by Gasteiger charge is -2.35. The quantitative estimate of drug-likeness (QED) is 0.845. The Labute approximate surface area is 148 Å². The van der Waals surface area contributed by atoms with Crippen LogP contribution in [0.25, 0.3) is 0 Å². The fraction of sp³-hybridized carbons (Fsp3) is 0.450. The van der Waals surface area contributed by atoms with Gasteiger partial charge >= 0.3 is 0 Å². The van der Waals surface area contributed by atoms with Crippen molar-refractivity contribution in [2.24, 2.45) is 0 Å². The first kappa shape index (κ1) is 16.1. The van der Waals surface area contributed by atoms with Gasteiger partial charge < -0.3 is 9.64 Å². The SMILES string of the molecule is CCc1nnc(C)cc1C(=O)N1CC[C@@]2(CCc3ccccc3O2)C1. The van der Waals surface area contributed by atoms with Crippen LogP contribution < -0.4 is 4.74 Å². The third-order valence-electron chi connectivity index (χ3n) is 5.31. The monoisotopic (exact) mass is 337 g/mol. The number of aryl methyl sites for hydroxylation is 3. The molecule has 5 heteroatoms. The fourth-order valence-electron chi connectivity index (χ4n) is 3.89. The van der Waals surface area contributed by atoms with Gasteiger partial charge in [-0.3, -0.25) is 4.79 Å². The zero-order valence-electron chi connectivity index (χ0n) is 14.8. The number of para-hydroxylation sites is 1. The number of hydrogen-bond donors (Lipinski definition) is 0. The van der Waals surface area contributed by atoms with Gasteiger partial charge in [0.25, 0.3) is 5.91 Å². The maximum atomic E-state index is 13.1. The molecule has 1 spiro atoms. The summed E-state index contributed by atoms with van der Waals surface area (Å²) in [5.74, 6) is 1.02. The summed E-state index contributed by atoms with van der Waals surface area (Å²) in [6, 6.07) is 10.1. The van der Waals surface area contributed by atoms with Crippen molar-refractivity contribution in [3.63, 3.8) is 0 Å². The summed E-state index contributed by atoms with van der Waals surface area (Å²) in [5.41, 5.74) is 3.25. The van der Waals surface area contributed by atoms with Crippen LogP contribution in [0.2, 0.25) is 0 Å². The number of fused-ring (bicyclic) bond motifs is 1. The molecule has 1 saturated heterocycles. The molecule has 3 heterocycles. The van der Waals surface area contributed by atoms with E-state index in [0.717, 1.165) is 42.9 Å². The van der Waals surface area contributed by atoms with E-state index in [1.54, 1.807) is 0 Å². The van der Waals surface area contributed by atoms with E-state index in [2.05, 4.69) is 22.3 Å². The number of benzene rings is 1. The van der Waals surface area contributed by atoms with Crippen LogP contribution in [0.3, 0.4) is 0 Å². The molecule has 1 amide bonds. The minimum atomic E-state index is -0.244. The summed E-state index contributed by atoms with van der Waals surface area (Å²) in [6.07, 6.45) is 3.56. The van der Waals surface area contributed by atoms with Crippen LogP contribution in [0, 0.1) is 6.92 Å². The largest absolute Gasteiger partial charge is 0.485 e. The summed E-state index contributed by atoms with van der Waals surface area (Å²) in [7, 11) is 0. The second-order valence-corrected chi connectivity index (χ2v) is 7.07. The van der Waals surface area contributed by atoms with E-state index in [4.69, 9.17) is 4.74 Å². The van der Waals surface area contributed by atoms with Gasteiger partial charge in [0.05, 0.1) is 23.5 Å². The van der Waals surface area contributed by atoms with Crippen LogP contribution in [-0.4, -0.2) is 39.7 Å². The minimum Gasteiger partial charge on any atom is -0.485 e. The van der Waals surface area contributed by atoms with Crippen LogP contribution in [0.4, 0.5) is 0 Å². The number of carbonyl (C=O) groups excluding carboxylic acids is 1. The van der Waals surface area contributed by atoms with Crippen LogP contribution in [0.15, 0.2) is 30.3 Å². The Morgan fingerprint density at radius 2 is 2.12 bits per heavy atom. The number of aromatic nitrogens is 2. The molecule has 25 heavy (non-hydrogen) atoms. The van der Waals surface area contributed by atoms with Gasteiger partial charge in [0.2, 0.25) is 0 Å². The molecule has 2 aliphatic rings. The van der Waals surface area contributed by atoms with Crippen LogP contribution in [0.1, 0.15) is 47.1 Å². The second kappa shape index (κ2) is 6.14. The van der Waals surface area contributed by atoms with E-state index < -0.39 is 0 Å². The number of carbonyl (C=O) groups is 1. The fourth-order valence-corrected chi connectivity index (χ4v) is 3.89. The van der Waals surface area contributed by atoms with Crippen LogP contribution >= 0.6 is 0 Å². The third kappa shape index (κ3) is 2.88. The molecule has 5 nitrogen and oxygen atoms in total. The van der Waals surface area contributed by atoms with Gasteiger partial charge in [-0.2, -0.15) is 10.2 Å². The molecule has 1 aromatic heterocycles. The molecule has 0 radical (unpaired) electrons. The van der Waals surface area contributed by atoms with Crippen molar-refractivity contribution in [3.05, 3.63) is 52.8 Å². The summed E-state index contributed by atoms with van der Waals surface area (Å²) in [4.78, 5) is 15.0. The number of nitrogens with zero attached hydrogens (tertiary/aromatic N) is 3. The molecule has 0 saturated carbocycles. The minimum absolute atomic E-state index is 0.0502. The Kier molecular flexibility index (Phi) is 3.94. The molecule has 1 aromatic carbocycles. The highest BCUT2D eigenvalue weighted by Gasteiger charge is 2.44. The van der Waals surface area contributed by atoms with E-state index in [0.29, 0.717) is 18.5 Å². The zero-order chi connectivity index (χ0) is 17.4. The van der Waals surface area contributed by atoms with E-state index in [1.807, 2.05) is 36.9 Å². The van der Waals surface area contributed by atoms with Crippen molar-refractivity contribution < 1.29 is 9.53 Å². The number of likely N-dealkylation sites (tertiary alicyclic amines) is 1. The van der Waals surface area contributed by atoms with Crippen molar-refractivity contribution in [1.29, 1.82) is 0 Å². The van der Waals surface area contributed by atoms with Gasteiger partial charge in [-0.05, 0) is 43.9 Å². The first-order valence-electron chi connectivity index (χ1n) is 9.00. The van der Waals surface area contributed by atoms with Gasteiger partial charge in [0.15, 0.2) is 0 Å². The summed E-state index contributed by atoms with van der Waals surface area (Å²) in [5, 5.41) is 8.28. The second-order valence-electron chi connectivity index (χ2n) is 7.07. The first-order valence-corrected chi connectivity index (χ1v) is 9.00. The van der Waals surface area contributed by atoms with Crippen LogP contribution in [0.5, 0.6) is 5.75 Å². The Morgan fingerprint density at radius 1 is 1.28 bits per heavy atom. The lowest BCUT2D eigenvalue weighted by molar-refractivity contribution is 0.0484. The van der Waals surface area contributed by atoms with E-state index in [1.165, 1.54) is 5.56 Å². The molecule has 4 rings (SSSR count). The van der Waals surface area contributed by atoms with Crippen molar-refractivity contribution in [2.75, 3.05) is 13.1 Å². The predicted octanol–water partition coefficient (Wildman–Crippen LogP) is 2.96. The van der Waals surface area contributed by atoms with Crippen molar-refractivity contribution >= 4 is 5.91 Å². The number of amides is 1. The maximum absolute atomic E-state index is 13.1. The standard InChI is InChI=1S/C20H23N3O2/c1-3-17-16(12-14(2)21-22-17)19(24)23-11-10-20(13-23)9-8-15-6-4-5-7-18(15)25-20/h4-7,12H,3,8-11,13H2,1-2H3/t20-/m0/s1. The highest BCUT2D eigenvalue weighted by molar-refractivity contribution is 5.95. The normalized spacial score (nSPS) is 21.9. The number of rotatable bonds is 2. The molecule has 0 N–H and O–H groups in total. The van der Waals surface area contributed by atoms with E-state index >= 15 is 0 Å². The average molecular weight is 337 g/mol. The maximum Gasteiger partial charge on any atom is 0.255 e. The highest BCUT2D eigenvalue weighted by atomic mass is 16.5. The Bertz CT molecular complexity index is 820. The number of hydrogen-bond acceptors (Lipinski definition) is 4. The first-order chi connectivity index (χ1) is 12.1. The molecule has 2 aliphatic heterocycles. The van der Waals surface area contributed by atoms with Crippen molar-refractivity contribution in [1.82, 2.24) is 15.1 Å². The molecular formula is C20H23N3O2. The lowest BCUT2D eigenvalue weighted by Crippen LogP contribution is -2.43. The third-order valence-corrected chi connectivity index (χ3v) is 5.31. The van der Waals surface area contributed by atoms with Gasteiger partial charge in [-0.25, -0.2) is 0 Å². The molecule has 130 valence electrons. The summed E-state index contributed by atoms with van der Waals surface area (Å²) < 4.78 is 6.36. The van der Waals surface area contributed by atoms with Crippen molar-refractivity contribution in [2.45, 2.75) is 45.1 Å².